The molecule has 0 radical (unpaired) electrons. The predicted molar refractivity (Wildman–Crippen MR) is 87.2 cm³/mol. The topological polar surface area (TPSA) is 63.4 Å². The number of carbonyl (C=O) groups excluding carboxylic acids is 2. The maximum Gasteiger partial charge on any atom is 0.261 e. The van der Waals surface area contributed by atoms with Gasteiger partial charge in [0.15, 0.2) is 0 Å². The van der Waals surface area contributed by atoms with Crippen molar-refractivity contribution >= 4 is 24.2 Å². The monoisotopic (exact) mass is 316 g/mol. The van der Waals surface area contributed by atoms with Gasteiger partial charge in [-0.1, -0.05) is 42.5 Å². The average Bonchev–Trinajstić information content (AvgIpc) is 2.74. The zero-order valence-corrected chi connectivity index (χ0v) is 12.8. The lowest BCUT2D eigenvalue weighted by molar-refractivity contribution is 0.0644. The van der Waals surface area contributed by atoms with E-state index in [4.69, 9.17) is 5.73 Å². The molecule has 0 aliphatic carbocycles. The molecule has 0 spiro atoms. The summed E-state index contributed by atoms with van der Waals surface area (Å²) >= 11 is 0. The van der Waals surface area contributed by atoms with Gasteiger partial charge >= 0.3 is 0 Å². The van der Waals surface area contributed by atoms with Gasteiger partial charge in [-0.3, -0.25) is 14.5 Å². The fourth-order valence-electron chi connectivity index (χ4n) is 2.62. The Morgan fingerprint density at radius 1 is 0.864 bits per heavy atom. The minimum Gasteiger partial charge on any atom is -0.326 e. The molecule has 1 atom stereocenters. The molecule has 22 heavy (non-hydrogen) atoms. The van der Waals surface area contributed by atoms with E-state index in [1.54, 1.807) is 24.3 Å². The standard InChI is InChI=1S/C17H16N2O2.ClH/c18-13(10-12-6-2-1-3-7-12)11-19-16(20)14-8-4-5-9-15(14)17(19)21;/h1-9,13H,10-11,18H2;1H. The van der Waals surface area contributed by atoms with Gasteiger partial charge in [-0.2, -0.15) is 0 Å². The molecule has 1 unspecified atom stereocenters. The Labute approximate surface area is 135 Å². The third-order valence-corrected chi connectivity index (χ3v) is 3.64. The summed E-state index contributed by atoms with van der Waals surface area (Å²) in [5, 5.41) is 0. The summed E-state index contributed by atoms with van der Waals surface area (Å²) in [6, 6.07) is 16.4. The first-order chi connectivity index (χ1) is 10.2. The summed E-state index contributed by atoms with van der Waals surface area (Å²) in [7, 11) is 0. The SMILES string of the molecule is Cl.NC(Cc1ccccc1)CN1C(=O)c2ccccc2C1=O. The van der Waals surface area contributed by atoms with Gasteiger partial charge in [0, 0.05) is 12.6 Å². The lowest BCUT2D eigenvalue weighted by Crippen LogP contribution is -2.41. The van der Waals surface area contributed by atoms with Crippen LogP contribution in [0, 0.1) is 0 Å². The second-order valence-electron chi connectivity index (χ2n) is 5.22. The molecule has 2 aromatic carbocycles. The van der Waals surface area contributed by atoms with E-state index in [-0.39, 0.29) is 36.8 Å². The Bertz CT molecular complexity index is 653. The maximum absolute atomic E-state index is 12.2. The van der Waals surface area contributed by atoms with Crippen LogP contribution in [0.15, 0.2) is 54.6 Å². The lowest BCUT2D eigenvalue weighted by Gasteiger charge is -2.19. The van der Waals surface area contributed by atoms with Crippen LogP contribution in [-0.4, -0.2) is 29.3 Å². The Kier molecular flexibility index (Phi) is 4.96. The number of hydrogen-bond acceptors (Lipinski definition) is 3. The van der Waals surface area contributed by atoms with Crippen molar-refractivity contribution in [2.24, 2.45) is 5.73 Å². The third kappa shape index (κ3) is 3.03. The molecule has 0 fully saturated rings. The minimum absolute atomic E-state index is 0. The number of halogens is 1. The normalized spacial score (nSPS) is 14.5. The van der Waals surface area contributed by atoms with E-state index in [1.165, 1.54) is 4.90 Å². The zero-order chi connectivity index (χ0) is 14.8. The summed E-state index contributed by atoms with van der Waals surface area (Å²) in [4.78, 5) is 25.7. The molecule has 4 nitrogen and oxygen atoms in total. The number of hydrogen-bond donors (Lipinski definition) is 1. The largest absolute Gasteiger partial charge is 0.326 e. The van der Waals surface area contributed by atoms with Crippen LogP contribution >= 0.6 is 12.4 Å². The van der Waals surface area contributed by atoms with Crippen molar-refractivity contribution in [2.45, 2.75) is 12.5 Å². The van der Waals surface area contributed by atoms with E-state index in [9.17, 15) is 9.59 Å². The highest BCUT2D eigenvalue weighted by Gasteiger charge is 2.35. The van der Waals surface area contributed by atoms with E-state index in [2.05, 4.69) is 0 Å². The molecule has 114 valence electrons. The smallest absolute Gasteiger partial charge is 0.261 e. The average molecular weight is 317 g/mol. The van der Waals surface area contributed by atoms with Crippen molar-refractivity contribution in [2.75, 3.05) is 6.54 Å². The van der Waals surface area contributed by atoms with Gasteiger partial charge in [-0.05, 0) is 24.1 Å². The predicted octanol–water partition coefficient (Wildman–Crippen LogP) is 2.27. The van der Waals surface area contributed by atoms with Gasteiger partial charge in [0.1, 0.15) is 0 Å². The fourth-order valence-corrected chi connectivity index (χ4v) is 2.62. The molecule has 2 aromatic rings. The number of nitrogens with two attached hydrogens (primary N) is 1. The Morgan fingerprint density at radius 3 is 1.91 bits per heavy atom. The van der Waals surface area contributed by atoms with Crippen LogP contribution in [0.3, 0.4) is 0 Å². The molecule has 3 rings (SSSR count). The number of carbonyl (C=O) groups is 2. The highest BCUT2D eigenvalue weighted by molar-refractivity contribution is 6.21. The van der Waals surface area contributed by atoms with Crippen molar-refractivity contribution in [3.05, 3.63) is 71.3 Å². The molecule has 5 heteroatoms. The number of nitrogens with zero attached hydrogens (tertiary/aromatic N) is 1. The van der Waals surface area contributed by atoms with Gasteiger partial charge in [0.25, 0.3) is 11.8 Å². The molecule has 1 aliphatic rings. The van der Waals surface area contributed by atoms with Gasteiger partial charge in [-0.15, -0.1) is 12.4 Å². The minimum atomic E-state index is -0.269. The Balaban J connectivity index is 0.00000176. The van der Waals surface area contributed by atoms with E-state index < -0.39 is 0 Å². The molecule has 0 bridgehead atoms. The highest BCUT2D eigenvalue weighted by atomic mass is 35.5. The highest BCUT2D eigenvalue weighted by Crippen LogP contribution is 2.22. The fraction of sp³-hybridized carbons (Fsp3) is 0.176. The second-order valence-corrected chi connectivity index (χ2v) is 5.22. The maximum atomic E-state index is 12.2. The van der Waals surface area contributed by atoms with Crippen molar-refractivity contribution in [3.63, 3.8) is 0 Å². The molecular weight excluding hydrogens is 300 g/mol. The van der Waals surface area contributed by atoms with Crippen molar-refractivity contribution in [3.8, 4) is 0 Å². The van der Waals surface area contributed by atoms with Gasteiger partial charge in [-0.25, -0.2) is 0 Å². The number of imide groups is 1. The van der Waals surface area contributed by atoms with Crippen molar-refractivity contribution < 1.29 is 9.59 Å². The van der Waals surface area contributed by atoms with E-state index in [1.807, 2.05) is 30.3 Å². The molecule has 2 amide bonds. The van der Waals surface area contributed by atoms with E-state index in [0.717, 1.165) is 5.56 Å². The number of amides is 2. The van der Waals surface area contributed by atoms with E-state index >= 15 is 0 Å². The molecule has 2 N–H and O–H groups in total. The molecule has 1 aliphatic heterocycles. The number of benzene rings is 2. The second kappa shape index (κ2) is 6.73. The molecule has 0 saturated carbocycles. The zero-order valence-electron chi connectivity index (χ0n) is 11.9. The quantitative estimate of drug-likeness (QED) is 0.880. The summed E-state index contributed by atoms with van der Waals surface area (Å²) in [5.74, 6) is -0.502. The van der Waals surface area contributed by atoms with Gasteiger partial charge in [0.2, 0.25) is 0 Å². The first kappa shape index (κ1) is 16.2. The summed E-state index contributed by atoms with van der Waals surface area (Å²) in [6.45, 7) is 0.237. The van der Waals surface area contributed by atoms with Gasteiger partial charge < -0.3 is 5.73 Å². The lowest BCUT2D eigenvalue weighted by atomic mass is 10.1. The van der Waals surface area contributed by atoms with Crippen LogP contribution in [0.5, 0.6) is 0 Å². The Hall–Kier alpha value is -2.17. The summed E-state index contributed by atoms with van der Waals surface area (Å²) < 4.78 is 0. The first-order valence-electron chi connectivity index (χ1n) is 6.91. The molecule has 1 heterocycles. The van der Waals surface area contributed by atoms with Crippen LogP contribution in [-0.2, 0) is 6.42 Å². The van der Waals surface area contributed by atoms with Crippen LogP contribution < -0.4 is 5.73 Å². The van der Waals surface area contributed by atoms with E-state index in [0.29, 0.717) is 17.5 Å². The molecular formula is C17H17ClN2O2. The molecule has 0 aromatic heterocycles. The number of rotatable bonds is 4. The van der Waals surface area contributed by atoms with Crippen molar-refractivity contribution in [1.29, 1.82) is 0 Å². The van der Waals surface area contributed by atoms with Crippen LogP contribution in [0.2, 0.25) is 0 Å². The van der Waals surface area contributed by atoms with Crippen LogP contribution in [0.25, 0.3) is 0 Å². The summed E-state index contributed by atoms with van der Waals surface area (Å²) in [6.07, 6.45) is 0.633. The van der Waals surface area contributed by atoms with Gasteiger partial charge in [0.05, 0.1) is 11.1 Å². The van der Waals surface area contributed by atoms with Crippen LogP contribution in [0.4, 0.5) is 0 Å². The summed E-state index contributed by atoms with van der Waals surface area (Å²) in [5.41, 5.74) is 8.13. The third-order valence-electron chi connectivity index (χ3n) is 3.64. The van der Waals surface area contributed by atoms with Crippen LogP contribution in [0.1, 0.15) is 26.3 Å². The number of fused-ring (bicyclic) bond motifs is 1. The Morgan fingerprint density at radius 2 is 1.36 bits per heavy atom. The molecule has 0 saturated heterocycles. The first-order valence-corrected chi connectivity index (χ1v) is 6.91. The van der Waals surface area contributed by atoms with Crippen molar-refractivity contribution in [1.82, 2.24) is 4.90 Å².